The Morgan fingerprint density at radius 3 is 2.47 bits per heavy atom. The Labute approximate surface area is 220 Å². The summed E-state index contributed by atoms with van der Waals surface area (Å²) >= 11 is 0. The van der Waals surface area contributed by atoms with Crippen LogP contribution in [0.15, 0.2) is 35.1 Å². The van der Waals surface area contributed by atoms with Crippen molar-refractivity contribution < 1.29 is 22.6 Å². The first-order valence-electron chi connectivity index (χ1n) is 13.3. The predicted octanol–water partition coefficient (Wildman–Crippen LogP) is 3.33. The van der Waals surface area contributed by atoms with Crippen molar-refractivity contribution >= 4 is 11.8 Å². The summed E-state index contributed by atoms with van der Waals surface area (Å²) in [6, 6.07) is 8.82. The summed E-state index contributed by atoms with van der Waals surface area (Å²) in [7, 11) is 4.02. The fourth-order valence-corrected chi connectivity index (χ4v) is 5.57. The average Bonchev–Trinajstić information content (AvgIpc) is 3.36. The van der Waals surface area contributed by atoms with Crippen LogP contribution in [0, 0.1) is 0 Å². The molecule has 3 aliphatic rings. The number of aromatic nitrogens is 2. The fraction of sp³-hybridized carbons (Fsp3) is 0.630. The molecule has 0 N–H and O–H groups in total. The summed E-state index contributed by atoms with van der Waals surface area (Å²) in [5, 5.41) is 0. The van der Waals surface area contributed by atoms with E-state index in [4.69, 9.17) is 9.47 Å². The van der Waals surface area contributed by atoms with Gasteiger partial charge in [-0.05, 0) is 64.4 Å². The number of hydrogen-bond acceptors (Lipinski definition) is 7. The maximum atomic E-state index is 14.4. The molecular formula is C27H36F3N5O3. The van der Waals surface area contributed by atoms with Crippen LogP contribution in [0.3, 0.4) is 0 Å². The fourth-order valence-electron chi connectivity index (χ4n) is 5.57. The normalized spacial score (nSPS) is 24.8. The lowest BCUT2D eigenvalue weighted by Crippen LogP contribution is -2.56. The summed E-state index contributed by atoms with van der Waals surface area (Å²) in [5.74, 6) is 1.23. The number of rotatable bonds is 9. The molecule has 0 radical (unpaired) electrons. The van der Waals surface area contributed by atoms with E-state index in [1.807, 2.05) is 43.3 Å². The molecule has 2 unspecified atom stereocenters. The molecule has 8 nitrogen and oxygen atoms in total. The van der Waals surface area contributed by atoms with E-state index in [1.165, 1.54) is 11.0 Å². The van der Waals surface area contributed by atoms with Gasteiger partial charge in [-0.15, -0.1) is 0 Å². The van der Waals surface area contributed by atoms with Crippen molar-refractivity contribution in [2.24, 2.45) is 0 Å². The van der Waals surface area contributed by atoms with Crippen molar-refractivity contribution in [1.29, 1.82) is 0 Å². The third-order valence-electron chi connectivity index (χ3n) is 7.82. The minimum atomic E-state index is -4.55. The molecule has 208 valence electrons. The van der Waals surface area contributed by atoms with E-state index in [0.717, 1.165) is 48.6 Å². The first-order valence-corrected chi connectivity index (χ1v) is 13.3. The number of alkyl halides is 3. The van der Waals surface area contributed by atoms with Gasteiger partial charge in [0.15, 0.2) is 5.54 Å². The molecule has 2 fully saturated rings. The van der Waals surface area contributed by atoms with Gasteiger partial charge in [-0.1, -0.05) is 12.1 Å². The Morgan fingerprint density at radius 2 is 1.84 bits per heavy atom. The SMILES string of the molecule is CN(C)CCCOc1ccc(CCN2c3nc(N4CC5CCC(C4)O5)cc(=O)n3C[C@@]2(C)C(F)(F)F)cc1. The lowest BCUT2D eigenvalue weighted by atomic mass is 10.00. The van der Waals surface area contributed by atoms with Crippen LogP contribution in [0.5, 0.6) is 5.75 Å². The molecule has 11 heteroatoms. The minimum absolute atomic E-state index is 0.0723. The molecule has 2 saturated heterocycles. The van der Waals surface area contributed by atoms with Gasteiger partial charge in [-0.25, -0.2) is 0 Å². The lowest BCUT2D eigenvalue weighted by Gasteiger charge is -2.37. The van der Waals surface area contributed by atoms with Crippen molar-refractivity contribution in [3.8, 4) is 5.75 Å². The van der Waals surface area contributed by atoms with E-state index < -0.39 is 23.8 Å². The molecule has 2 aromatic rings. The van der Waals surface area contributed by atoms with Crippen molar-refractivity contribution in [1.82, 2.24) is 14.5 Å². The molecule has 0 spiro atoms. The molecule has 0 aliphatic carbocycles. The molecule has 3 atom stereocenters. The summed E-state index contributed by atoms with van der Waals surface area (Å²) in [6.45, 7) is 3.45. The number of benzene rings is 1. The topological polar surface area (TPSA) is 63.1 Å². The molecular weight excluding hydrogens is 499 g/mol. The van der Waals surface area contributed by atoms with E-state index in [0.29, 0.717) is 31.9 Å². The zero-order chi connectivity index (χ0) is 27.1. The van der Waals surface area contributed by atoms with E-state index in [2.05, 4.69) is 9.88 Å². The number of morpholine rings is 1. The van der Waals surface area contributed by atoms with Gasteiger partial charge in [0, 0.05) is 32.2 Å². The molecule has 1 aromatic heterocycles. The third-order valence-corrected chi connectivity index (χ3v) is 7.82. The average molecular weight is 536 g/mol. The van der Waals surface area contributed by atoms with Crippen LogP contribution in [0.4, 0.5) is 24.9 Å². The van der Waals surface area contributed by atoms with Crippen LogP contribution in [-0.2, 0) is 17.7 Å². The van der Waals surface area contributed by atoms with Crippen LogP contribution < -0.4 is 20.1 Å². The highest BCUT2D eigenvalue weighted by molar-refractivity contribution is 5.50. The Bertz CT molecular complexity index is 1170. The molecule has 38 heavy (non-hydrogen) atoms. The van der Waals surface area contributed by atoms with E-state index in [9.17, 15) is 18.0 Å². The molecule has 4 heterocycles. The molecule has 0 amide bonds. The van der Waals surface area contributed by atoms with Crippen molar-refractivity contribution in [3.05, 3.63) is 46.2 Å². The molecule has 1 aromatic carbocycles. The summed E-state index contributed by atoms with van der Waals surface area (Å²) in [5.41, 5.74) is -1.81. The largest absolute Gasteiger partial charge is 0.494 e. The van der Waals surface area contributed by atoms with Gasteiger partial charge in [-0.3, -0.25) is 9.36 Å². The highest BCUT2D eigenvalue weighted by Crippen LogP contribution is 2.43. The standard InChI is InChI=1S/C27H36F3N5O3/c1-26(27(28,29)30)18-34-24(36)15-23(33-16-21-9-10-22(17-33)38-21)31-25(34)35(26)13-11-19-5-7-20(8-6-19)37-14-4-12-32(2)3/h5-8,15,21-22H,4,9-14,16-18H2,1-3H3/t21?,22?,26-/m0/s1. The highest BCUT2D eigenvalue weighted by atomic mass is 19.4. The second kappa shape index (κ2) is 10.4. The van der Waals surface area contributed by atoms with E-state index in [1.54, 1.807) is 0 Å². The van der Waals surface area contributed by atoms with Crippen molar-refractivity contribution in [2.45, 2.75) is 63.1 Å². The maximum absolute atomic E-state index is 14.4. The quantitative estimate of drug-likeness (QED) is 0.457. The lowest BCUT2D eigenvalue weighted by molar-refractivity contribution is -0.182. The van der Waals surface area contributed by atoms with Gasteiger partial charge >= 0.3 is 6.18 Å². The monoisotopic (exact) mass is 535 g/mol. The van der Waals surface area contributed by atoms with Crippen molar-refractivity contribution in [2.75, 3.05) is 56.7 Å². The van der Waals surface area contributed by atoms with Gasteiger partial charge in [0.2, 0.25) is 5.95 Å². The minimum Gasteiger partial charge on any atom is -0.494 e. The Hall–Kier alpha value is -2.79. The van der Waals surface area contributed by atoms with Gasteiger partial charge in [0.1, 0.15) is 11.6 Å². The van der Waals surface area contributed by atoms with Gasteiger partial charge in [0.25, 0.3) is 5.56 Å². The van der Waals surface area contributed by atoms with Crippen LogP contribution in [0.1, 0.15) is 31.7 Å². The van der Waals surface area contributed by atoms with E-state index in [-0.39, 0.29) is 24.7 Å². The number of hydrogen-bond donors (Lipinski definition) is 0. The van der Waals surface area contributed by atoms with Crippen LogP contribution >= 0.6 is 0 Å². The number of ether oxygens (including phenoxy) is 2. The molecule has 0 saturated carbocycles. The number of halogens is 3. The predicted molar refractivity (Wildman–Crippen MR) is 139 cm³/mol. The number of nitrogens with zero attached hydrogens (tertiary/aromatic N) is 5. The number of fused-ring (bicyclic) bond motifs is 3. The van der Waals surface area contributed by atoms with Crippen LogP contribution in [0.2, 0.25) is 0 Å². The van der Waals surface area contributed by atoms with Crippen LogP contribution in [-0.4, -0.2) is 85.3 Å². The Kier molecular flexibility index (Phi) is 7.34. The third kappa shape index (κ3) is 5.36. The molecule has 3 aliphatic heterocycles. The summed E-state index contributed by atoms with van der Waals surface area (Å²) < 4.78 is 56.0. The summed E-state index contributed by atoms with van der Waals surface area (Å²) in [4.78, 5) is 23.0. The number of anilines is 2. The zero-order valence-electron chi connectivity index (χ0n) is 22.2. The van der Waals surface area contributed by atoms with Gasteiger partial charge < -0.3 is 24.2 Å². The van der Waals surface area contributed by atoms with E-state index >= 15 is 0 Å². The first-order chi connectivity index (χ1) is 18.0. The smallest absolute Gasteiger partial charge is 0.413 e. The maximum Gasteiger partial charge on any atom is 0.413 e. The zero-order valence-corrected chi connectivity index (χ0v) is 22.2. The molecule has 5 rings (SSSR count). The van der Waals surface area contributed by atoms with Gasteiger partial charge in [-0.2, -0.15) is 18.2 Å². The Morgan fingerprint density at radius 1 is 1.16 bits per heavy atom. The van der Waals surface area contributed by atoms with Crippen molar-refractivity contribution in [3.63, 3.8) is 0 Å². The second-order valence-corrected chi connectivity index (χ2v) is 11.0. The Balaban J connectivity index is 1.34. The highest BCUT2D eigenvalue weighted by Gasteiger charge is 2.59. The molecule has 2 bridgehead atoms. The summed E-state index contributed by atoms with van der Waals surface area (Å²) in [6.07, 6.45) is -1.23. The first kappa shape index (κ1) is 26.8. The van der Waals surface area contributed by atoms with Gasteiger partial charge in [0.05, 0.1) is 25.4 Å². The second-order valence-electron chi connectivity index (χ2n) is 11.0. The van der Waals surface area contributed by atoms with Crippen LogP contribution in [0.25, 0.3) is 0 Å².